The van der Waals surface area contributed by atoms with Gasteiger partial charge in [-0.2, -0.15) is 0 Å². The van der Waals surface area contributed by atoms with Crippen LogP contribution in [-0.2, 0) is 11.8 Å². The molecule has 1 heterocycles. The summed E-state index contributed by atoms with van der Waals surface area (Å²) in [5.41, 5.74) is 19.3. The van der Waals surface area contributed by atoms with Crippen molar-refractivity contribution < 1.29 is 0 Å². The van der Waals surface area contributed by atoms with Crippen molar-refractivity contribution in [3.05, 3.63) is 287 Å². The van der Waals surface area contributed by atoms with Crippen LogP contribution < -0.4 is 9.80 Å². The lowest BCUT2D eigenvalue weighted by Crippen LogP contribution is -2.29. The van der Waals surface area contributed by atoms with Gasteiger partial charge in [0.25, 0.3) is 0 Å². The highest BCUT2D eigenvalue weighted by Crippen LogP contribution is 2.57. The first-order chi connectivity index (χ1) is 37.0. The van der Waals surface area contributed by atoms with E-state index >= 15 is 0 Å². The van der Waals surface area contributed by atoms with E-state index in [0.29, 0.717) is 0 Å². The van der Waals surface area contributed by atoms with Crippen LogP contribution in [0.15, 0.2) is 242 Å². The molecule has 11 aromatic carbocycles. The summed E-state index contributed by atoms with van der Waals surface area (Å²) in [6.45, 7) is 15.6. The molecule has 0 radical (unpaired) electrons. The minimum atomic E-state index is -0.525. The maximum atomic E-state index is 4.20. The Bertz CT molecular complexity index is 4000. The number of benzene rings is 11. The van der Waals surface area contributed by atoms with E-state index in [2.05, 4.69) is 268 Å². The van der Waals surface area contributed by atoms with Crippen molar-refractivity contribution in [2.45, 2.75) is 52.9 Å². The van der Waals surface area contributed by atoms with Crippen LogP contribution in [0.1, 0.15) is 78.6 Å². The molecule has 0 spiro atoms. The Kier molecular flexibility index (Phi) is 12.4. The molecular weight excluding hydrogens is 905 g/mol. The molecule has 0 bridgehead atoms. The molecule has 75 heavy (non-hydrogen) atoms. The number of fused-ring (bicyclic) bond motifs is 6. The normalized spacial score (nSPS) is 14.0. The third-order valence-electron chi connectivity index (χ3n) is 16.0. The molecule has 0 saturated carbocycles. The minimum Gasteiger partial charge on any atom is -0.341 e. The second-order valence-corrected chi connectivity index (χ2v) is 19.9. The van der Waals surface area contributed by atoms with Gasteiger partial charge in [-0.25, -0.2) is 0 Å². The van der Waals surface area contributed by atoms with Gasteiger partial charge in [-0.1, -0.05) is 215 Å². The molecule has 0 amide bonds. The van der Waals surface area contributed by atoms with E-state index in [-0.39, 0.29) is 0 Å². The van der Waals surface area contributed by atoms with Crippen LogP contribution in [0.5, 0.6) is 0 Å². The predicted octanol–water partition coefficient (Wildman–Crippen LogP) is 19.9. The van der Waals surface area contributed by atoms with Crippen molar-refractivity contribution in [1.82, 2.24) is 0 Å². The molecule has 11 aromatic rings. The number of aryl methyl sites for hydroxylation is 2. The number of nitrogens with zero attached hydrogens (tertiary/aromatic N) is 2. The fourth-order valence-electron chi connectivity index (χ4n) is 12.7. The summed E-state index contributed by atoms with van der Waals surface area (Å²) in [4.78, 5) is 4.96. The smallest absolute Gasteiger partial charge is 0.0714 e. The lowest BCUT2D eigenvalue weighted by molar-refractivity contribution is 0.756. The number of hydrogen-bond donors (Lipinski definition) is 0. The minimum absolute atomic E-state index is 0.525. The highest BCUT2D eigenvalue weighted by molar-refractivity contribution is 6.34. The van der Waals surface area contributed by atoms with Gasteiger partial charge in [-0.15, -0.1) is 0 Å². The molecule has 13 rings (SSSR count). The van der Waals surface area contributed by atoms with Crippen LogP contribution in [-0.4, -0.2) is 6.54 Å². The van der Waals surface area contributed by atoms with E-state index in [1.54, 1.807) is 0 Å². The van der Waals surface area contributed by atoms with Crippen molar-refractivity contribution in [2.75, 3.05) is 16.3 Å². The Morgan fingerprint density at radius 2 is 1.16 bits per heavy atom. The number of allylic oxidation sites excluding steroid dienone is 4. The van der Waals surface area contributed by atoms with E-state index in [1.165, 1.54) is 110 Å². The molecule has 0 N–H and O–H groups in total. The molecule has 0 unspecified atom stereocenters. The molecule has 1 aliphatic carbocycles. The average molecular weight is 967 g/mol. The number of para-hydroxylation sites is 2. The summed E-state index contributed by atoms with van der Waals surface area (Å²) < 4.78 is 0. The number of hydrogen-bond acceptors (Lipinski definition) is 2. The largest absolute Gasteiger partial charge is 0.341 e. The first-order valence-corrected chi connectivity index (χ1v) is 26.9. The lowest BCUT2D eigenvalue weighted by Gasteiger charge is -2.36. The maximum absolute atomic E-state index is 4.20. The van der Waals surface area contributed by atoms with Gasteiger partial charge in [-0.05, 0) is 175 Å². The van der Waals surface area contributed by atoms with Gasteiger partial charge < -0.3 is 9.80 Å². The Balaban J connectivity index is 0.00000281. The van der Waals surface area contributed by atoms with Crippen molar-refractivity contribution in [3.63, 3.8) is 0 Å². The molecule has 2 aliphatic rings. The standard InChI is InChI=1S/C71H56N2.C2H6/c1-5-20-65(47(3)6-2)73(66-32-15-13-21-48(66)4)68-43-42-61-58-29-17-28-55-50(37-40-60(69(55)58)59-30-18-31-62(68)70(59)61)36-34-49-35-39-56-57-41-38-54(72-44-19-23-51-22-14-16-33-67(51)72)46-64(57)71(63(56)45-49,52-24-9-7-10-25-52)53-26-11-8-12-27-53;1-2/h5-18,20-22,24-43,45-46H,2,19,23,44H2,1,3-4H3;1-2H3/b20-5-,36-34+,65-47+;. The summed E-state index contributed by atoms with van der Waals surface area (Å²) in [6.07, 6.45) is 13.2. The zero-order valence-corrected chi connectivity index (χ0v) is 43.7. The van der Waals surface area contributed by atoms with Gasteiger partial charge in [0.15, 0.2) is 0 Å². The summed E-state index contributed by atoms with van der Waals surface area (Å²) >= 11 is 0. The summed E-state index contributed by atoms with van der Waals surface area (Å²) in [6, 6.07) is 77.5. The Morgan fingerprint density at radius 3 is 1.87 bits per heavy atom. The fraction of sp³-hybridized carbons (Fsp3) is 0.123. The van der Waals surface area contributed by atoms with Crippen LogP contribution in [0.4, 0.5) is 22.7 Å². The lowest BCUT2D eigenvalue weighted by atomic mass is 9.67. The molecule has 0 saturated heterocycles. The van der Waals surface area contributed by atoms with Crippen LogP contribution in [0, 0.1) is 6.92 Å². The zero-order valence-electron chi connectivity index (χ0n) is 43.7. The Labute approximate surface area is 442 Å². The van der Waals surface area contributed by atoms with Gasteiger partial charge in [0.2, 0.25) is 0 Å². The third-order valence-corrected chi connectivity index (χ3v) is 16.0. The molecular formula is C73H62N2. The van der Waals surface area contributed by atoms with E-state index < -0.39 is 5.41 Å². The van der Waals surface area contributed by atoms with Gasteiger partial charge in [0.05, 0.1) is 11.1 Å². The van der Waals surface area contributed by atoms with Crippen LogP contribution >= 0.6 is 0 Å². The molecule has 0 fully saturated rings. The summed E-state index contributed by atoms with van der Waals surface area (Å²) in [7, 11) is 0. The first-order valence-electron chi connectivity index (χ1n) is 26.9. The fourth-order valence-corrected chi connectivity index (χ4v) is 12.7. The molecule has 0 atom stereocenters. The molecule has 364 valence electrons. The first kappa shape index (κ1) is 47.3. The molecule has 0 aromatic heterocycles. The SMILES string of the molecule is C=C/C(C)=C(\C=C/C)N(c1ccccc1C)c1ccc2c3cccc4c(/C=C/c5ccc6c(c5)C(c5ccccc5)(c5ccccc5)c5cc(N7CCCc8ccccc87)ccc5-6)ccc(c5cccc1c52)c43.CC. The topological polar surface area (TPSA) is 6.48 Å². The quantitative estimate of drug-likeness (QED) is 0.0583. The monoisotopic (exact) mass is 966 g/mol. The molecule has 2 nitrogen and oxygen atoms in total. The Morgan fingerprint density at radius 1 is 0.560 bits per heavy atom. The van der Waals surface area contributed by atoms with Gasteiger partial charge in [0, 0.05) is 34.7 Å². The van der Waals surface area contributed by atoms with Crippen molar-refractivity contribution in [2.24, 2.45) is 0 Å². The van der Waals surface area contributed by atoms with Gasteiger partial charge in [0.1, 0.15) is 0 Å². The van der Waals surface area contributed by atoms with Crippen LogP contribution in [0.25, 0.3) is 66.4 Å². The predicted molar refractivity (Wildman–Crippen MR) is 324 cm³/mol. The van der Waals surface area contributed by atoms with Crippen LogP contribution in [0.3, 0.4) is 0 Å². The number of anilines is 4. The van der Waals surface area contributed by atoms with E-state index in [9.17, 15) is 0 Å². The van der Waals surface area contributed by atoms with Gasteiger partial charge in [-0.3, -0.25) is 0 Å². The van der Waals surface area contributed by atoms with Crippen molar-refractivity contribution in [3.8, 4) is 11.1 Å². The maximum Gasteiger partial charge on any atom is 0.0714 e. The second-order valence-electron chi connectivity index (χ2n) is 19.9. The molecule has 2 heteroatoms. The van der Waals surface area contributed by atoms with E-state index in [1.807, 2.05) is 19.9 Å². The highest BCUT2D eigenvalue weighted by Gasteiger charge is 2.46. The van der Waals surface area contributed by atoms with Gasteiger partial charge >= 0.3 is 0 Å². The summed E-state index contributed by atoms with van der Waals surface area (Å²) in [5, 5.41) is 10.1. The number of rotatable bonds is 10. The average Bonchev–Trinajstić information content (AvgIpc) is 3.80. The van der Waals surface area contributed by atoms with E-state index in [0.717, 1.165) is 42.0 Å². The second kappa shape index (κ2) is 19.6. The zero-order chi connectivity index (χ0) is 51.2. The van der Waals surface area contributed by atoms with E-state index in [4.69, 9.17) is 0 Å². The molecule has 1 aliphatic heterocycles. The third kappa shape index (κ3) is 7.61. The van der Waals surface area contributed by atoms with Crippen LogP contribution in [0.2, 0.25) is 0 Å². The van der Waals surface area contributed by atoms with Crippen molar-refractivity contribution in [1.29, 1.82) is 0 Å². The highest BCUT2D eigenvalue weighted by atomic mass is 15.2. The summed E-state index contributed by atoms with van der Waals surface area (Å²) in [5.74, 6) is 0. The van der Waals surface area contributed by atoms with Crippen molar-refractivity contribution >= 4 is 78.0 Å². The Hall–Kier alpha value is -8.72.